The van der Waals surface area contributed by atoms with Gasteiger partial charge in [-0.1, -0.05) is 34.2 Å². The molecule has 1 saturated heterocycles. The van der Waals surface area contributed by atoms with Crippen molar-refractivity contribution < 1.29 is 18.7 Å². The van der Waals surface area contributed by atoms with Gasteiger partial charge in [-0.05, 0) is 43.3 Å². The second-order valence-electron chi connectivity index (χ2n) is 7.64. The van der Waals surface area contributed by atoms with E-state index in [-0.39, 0.29) is 24.9 Å². The normalized spacial score (nSPS) is 13.9. The van der Waals surface area contributed by atoms with Crippen LogP contribution in [0, 0.1) is 5.82 Å². The van der Waals surface area contributed by atoms with Gasteiger partial charge in [0.1, 0.15) is 18.1 Å². The molecule has 7 nitrogen and oxygen atoms in total. The molecule has 34 heavy (non-hydrogen) atoms. The van der Waals surface area contributed by atoms with E-state index in [1.807, 2.05) is 6.07 Å². The number of halogens is 3. The van der Waals surface area contributed by atoms with Gasteiger partial charge >= 0.3 is 5.97 Å². The van der Waals surface area contributed by atoms with Crippen molar-refractivity contribution in [3.8, 4) is 10.6 Å². The highest BCUT2D eigenvalue weighted by molar-refractivity contribution is 14.1. The first kappa shape index (κ1) is 24.9. The molecule has 1 amide bonds. The minimum absolute atomic E-state index is 0.0621. The summed E-state index contributed by atoms with van der Waals surface area (Å²) in [5.74, 6) is -0.892. The van der Waals surface area contributed by atoms with Crippen LogP contribution >= 0.6 is 45.5 Å². The predicted molar refractivity (Wildman–Crippen MR) is 139 cm³/mol. The maximum absolute atomic E-state index is 13.2. The van der Waals surface area contributed by atoms with Crippen molar-refractivity contribution in [2.24, 2.45) is 0 Å². The van der Waals surface area contributed by atoms with Gasteiger partial charge in [0, 0.05) is 41.9 Å². The standard InChI is InChI=1S/C23H23ClFIN4O3S/c1-2-33-23(32)22-17(13-26)21(18-7-8-19(24)34-18)27-30(22)14-20(31)29-11-9-28(10-12-29)16-5-3-15(25)4-6-16/h3-8H,2,9-14H2,1H3. The van der Waals surface area contributed by atoms with E-state index in [0.717, 1.165) is 16.1 Å². The van der Waals surface area contributed by atoms with Crippen LogP contribution in [0.2, 0.25) is 4.34 Å². The van der Waals surface area contributed by atoms with Crippen LogP contribution < -0.4 is 4.90 Å². The summed E-state index contributed by atoms with van der Waals surface area (Å²) in [5.41, 5.74) is 2.60. The minimum Gasteiger partial charge on any atom is -0.461 e. The van der Waals surface area contributed by atoms with E-state index in [1.165, 1.54) is 28.2 Å². The zero-order valence-corrected chi connectivity index (χ0v) is 22.2. The van der Waals surface area contributed by atoms with E-state index in [2.05, 4.69) is 32.6 Å². The van der Waals surface area contributed by atoms with Crippen molar-refractivity contribution in [3.05, 3.63) is 57.8 Å². The lowest BCUT2D eigenvalue weighted by molar-refractivity contribution is -0.132. The molecular formula is C23H23ClFIN4O3S. The van der Waals surface area contributed by atoms with Crippen LogP contribution in [0.25, 0.3) is 10.6 Å². The van der Waals surface area contributed by atoms with Crippen molar-refractivity contribution in [1.29, 1.82) is 0 Å². The van der Waals surface area contributed by atoms with Gasteiger partial charge < -0.3 is 14.5 Å². The third-order valence-corrected chi connectivity index (χ3v) is 7.57. The van der Waals surface area contributed by atoms with Gasteiger partial charge in [-0.15, -0.1) is 11.3 Å². The Morgan fingerprint density at radius 1 is 1.15 bits per heavy atom. The van der Waals surface area contributed by atoms with Gasteiger partial charge in [0.25, 0.3) is 0 Å². The van der Waals surface area contributed by atoms with Crippen LogP contribution in [0.4, 0.5) is 10.1 Å². The molecule has 1 fully saturated rings. The largest absolute Gasteiger partial charge is 0.461 e. The van der Waals surface area contributed by atoms with E-state index in [4.69, 9.17) is 16.3 Å². The maximum atomic E-state index is 13.2. The number of hydrogen-bond acceptors (Lipinski definition) is 6. The van der Waals surface area contributed by atoms with E-state index < -0.39 is 5.97 Å². The Balaban J connectivity index is 1.53. The predicted octanol–water partition coefficient (Wildman–Crippen LogP) is 4.86. The molecule has 0 unspecified atom stereocenters. The van der Waals surface area contributed by atoms with Crippen molar-refractivity contribution in [2.75, 3.05) is 37.7 Å². The topological polar surface area (TPSA) is 67.7 Å². The molecule has 4 rings (SSSR count). The lowest BCUT2D eigenvalue weighted by Gasteiger charge is -2.36. The number of carbonyl (C=O) groups excluding carboxylic acids is 2. The summed E-state index contributed by atoms with van der Waals surface area (Å²) in [6.45, 7) is 4.24. The summed E-state index contributed by atoms with van der Waals surface area (Å²) in [5, 5.41) is 4.64. The van der Waals surface area contributed by atoms with Crippen molar-refractivity contribution in [3.63, 3.8) is 0 Å². The number of esters is 1. The number of benzene rings is 1. The summed E-state index contributed by atoms with van der Waals surface area (Å²) in [6, 6.07) is 10.0. The number of rotatable bonds is 7. The van der Waals surface area contributed by atoms with Crippen LogP contribution in [0.1, 0.15) is 23.0 Å². The molecule has 0 bridgehead atoms. The lowest BCUT2D eigenvalue weighted by atomic mass is 10.2. The summed E-state index contributed by atoms with van der Waals surface area (Å²) >= 11 is 9.68. The molecule has 0 spiro atoms. The first-order chi connectivity index (χ1) is 16.4. The second kappa shape index (κ2) is 11.0. The fourth-order valence-corrected chi connectivity index (χ4v) is 5.68. The fourth-order valence-electron chi connectivity index (χ4n) is 3.90. The van der Waals surface area contributed by atoms with Gasteiger partial charge in [0.05, 0.1) is 15.8 Å². The number of amides is 1. The number of nitrogens with zero attached hydrogens (tertiary/aromatic N) is 4. The van der Waals surface area contributed by atoms with Gasteiger partial charge in [-0.25, -0.2) is 13.9 Å². The molecule has 180 valence electrons. The third-order valence-electron chi connectivity index (χ3n) is 5.57. The van der Waals surface area contributed by atoms with Crippen LogP contribution in [-0.4, -0.2) is 59.3 Å². The molecule has 2 aromatic heterocycles. The van der Waals surface area contributed by atoms with Crippen molar-refractivity contribution in [2.45, 2.75) is 17.9 Å². The number of hydrogen-bond donors (Lipinski definition) is 0. The average Bonchev–Trinajstić information content (AvgIpc) is 3.43. The van der Waals surface area contributed by atoms with E-state index >= 15 is 0 Å². The fraction of sp³-hybridized carbons (Fsp3) is 0.348. The Labute approximate surface area is 219 Å². The molecular weight excluding hydrogens is 594 g/mol. The highest BCUT2D eigenvalue weighted by Crippen LogP contribution is 2.35. The molecule has 3 aromatic rings. The number of piperazine rings is 1. The average molecular weight is 617 g/mol. The second-order valence-corrected chi connectivity index (χ2v) is 10.1. The van der Waals surface area contributed by atoms with Gasteiger partial charge in [0.2, 0.25) is 5.91 Å². The van der Waals surface area contributed by atoms with E-state index in [0.29, 0.717) is 46.3 Å². The minimum atomic E-state index is -0.496. The summed E-state index contributed by atoms with van der Waals surface area (Å²) in [7, 11) is 0. The summed E-state index contributed by atoms with van der Waals surface area (Å²) < 4.78 is 21.1. The van der Waals surface area contributed by atoms with Crippen LogP contribution in [-0.2, 0) is 20.5 Å². The molecule has 1 aromatic carbocycles. The smallest absolute Gasteiger partial charge is 0.356 e. The number of ether oxygens (including phenoxy) is 1. The molecule has 0 saturated carbocycles. The number of aromatic nitrogens is 2. The summed E-state index contributed by atoms with van der Waals surface area (Å²) in [4.78, 5) is 30.7. The molecule has 11 heteroatoms. The highest BCUT2D eigenvalue weighted by Gasteiger charge is 2.28. The monoisotopic (exact) mass is 616 g/mol. The lowest BCUT2D eigenvalue weighted by Crippen LogP contribution is -2.49. The Morgan fingerprint density at radius 3 is 2.44 bits per heavy atom. The van der Waals surface area contributed by atoms with Crippen molar-refractivity contribution >= 4 is 63.1 Å². The van der Waals surface area contributed by atoms with E-state index in [9.17, 15) is 14.0 Å². The molecule has 1 aliphatic heterocycles. The quantitative estimate of drug-likeness (QED) is 0.216. The molecule has 0 radical (unpaired) electrons. The number of carbonyl (C=O) groups is 2. The van der Waals surface area contributed by atoms with Crippen LogP contribution in [0.15, 0.2) is 36.4 Å². The van der Waals surface area contributed by atoms with Crippen LogP contribution in [0.3, 0.4) is 0 Å². The molecule has 1 aliphatic rings. The Kier molecular flexibility index (Phi) is 8.10. The Hall–Kier alpha value is -2.18. The molecule has 0 N–H and O–H groups in total. The first-order valence-corrected chi connectivity index (χ1v) is 13.5. The molecule has 3 heterocycles. The zero-order valence-electron chi connectivity index (χ0n) is 18.5. The first-order valence-electron chi connectivity index (χ1n) is 10.8. The zero-order chi connectivity index (χ0) is 24.2. The van der Waals surface area contributed by atoms with Gasteiger partial charge in [-0.3, -0.25) is 4.79 Å². The summed E-state index contributed by atoms with van der Waals surface area (Å²) in [6.07, 6.45) is 0. The highest BCUT2D eigenvalue weighted by atomic mass is 127. The number of anilines is 1. The van der Waals surface area contributed by atoms with Gasteiger partial charge in [-0.2, -0.15) is 5.10 Å². The third kappa shape index (κ3) is 5.38. The molecule has 0 aliphatic carbocycles. The Morgan fingerprint density at radius 2 is 1.85 bits per heavy atom. The molecule has 0 atom stereocenters. The van der Waals surface area contributed by atoms with Crippen molar-refractivity contribution in [1.82, 2.24) is 14.7 Å². The van der Waals surface area contributed by atoms with Crippen LogP contribution in [0.5, 0.6) is 0 Å². The Bertz CT molecular complexity index is 1180. The SMILES string of the molecule is CCOC(=O)c1c(CI)c(-c2ccc(Cl)s2)nn1CC(=O)N1CCN(c2ccc(F)cc2)CC1. The number of alkyl halides is 1. The van der Waals surface area contributed by atoms with E-state index in [1.54, 1.807) is 30.0 Å². The maximum Gasteiger partial charge on any atom is 0.356 e. The van der Waals surface area contributed by atoms with Gasteiger partial charge in [0.15, 0.2) is 5.69 Å². The number of thiophene rings is 1.